The molecule has 0 spiro atoms. The molecule has 0 aliphatic carbocycles. The molecule has 8 nitrogen and oxygen atoms in total. The Balaban J connectivity index is 1.45. The zero-order valence-electron chi connectivity index (χ0n) is 17.8. The molecule has 1 saturated heterocycles. The largest absolute Gasteiger partial charge is 0.350 e. The standard InChI is InChI=1S/C22H24F2N6O2/c1-2-30-21(32)29-10-6-17(12-18(29)26-30)28-9-3-5-15-11-16(13-25-19(15)28)20(31)27-8-4-7-22(23,24)14-27/h6,10-13H,2-5,7-9,14H2,1H3. The smallest absolute Gasteiger partial charge is 0.333 e. The first kappa shape index (κ1) is 20.6. The van der Waals surface area contributed by atoms with Gasteiger partial charge in [0.2, 0.25) is 0 Å². The molecular weight excluding hydrogens is 418 g/mol. The summed E-state index contributed by atoms with van der Waals surface area (Å²) >= 11 is 0. The van der Waals surface area contributed by atoms with Gasteiger partial charge in [0.1, 0.15) is 5.82 Å². The Kier molecular flexibility index (Phi) is 4.94. The highest BCUT2D eigenvalue weighted by molar-refractivity contribution is 5.94. The maximum absolute atomic E-state index is 13.8. The molecule has 0 N–H and O–H groups in total. The Hall–Kier alpha value is -3.30. The summed E-state index contributed by atoms with van der Waals surface area (Å²) in [5, 5.41) is 4.35. The van der Waals surface area contributed by atoms with Gasteiger partial charge in [-0.05, 0) is 43.9 Å². The van der Waals surface area contributed by atoms with Crippen LogP contribution in [-0.2, 0) is 13.0 Å². The van der Waals surface area contributed by atoms with E-state index < -0.39 is 18.4 Å². The number of alkyl halides is 2. The summed E-state index contributed by atoms with van der Waals surface area (Å²) in [5.74, 6) is -2.50. The van der Waals surface area contributed by atoms with Crippen LogP contribution < -0.4 is 10.6 Å². The number of aromatic nitrogens is 4. The van der Waals surface area contributed by atoms with Gasteiger partial charge < -0.3 is 9.80 Å². The fourth-order valence-electron chi connectivity index (χ4n) is 4.53. The first-order valence-corrected chi connectivity index (χ1v) is 10.9. The first-order valence-electron chi connectivity index (χ1n) is 10.9. The second-order valence-electron chi connectivity index (χ2n) is 8.36. The van der Waals surface area contributed by atoms with Crippen molar-refractivity contribution in [1.29, 1.82) is 0 Å². The molecule has 168 valence electrons. The van der Waals surface area contributed by atoms with E-state index in [9.17, 15) is 18.4 Å². The first-order chi connectivity index (χ1) is 15.4. The average molecular weight is 442 g/mol. The molecule has 0 atom stereocenters. The minimum absolute atomic E-state index is 0.179. The van der Waals surface area contributed by atoms with E-state index in [1.165, 1.54) is 20.2 Å². The molecule has 0 aromatic carbocycles. The van der Waals surface area contributed by atoms with Crippen molar-refractivity contribution >= 4 is 23.1 Å². The van der Waals surface area contributed by atoms with Crippen LogP contribution in [0.15, 0.2) is 35.4 Å². The van der Waals surface area contributed by atoms with E-state index in [2.05, 4.69) is 10.1 Å². The monoisotopic (exact) mass is 442 g/mol. The number of carbonyl (C=O) groups is 1. The van der Waals surface area contributed by atoms with Crippen molar-refractivity contribution < 1.29 is 13.6 Å². The third-order valence-electron chi connectivity index (χ3n) is 6.13. The number of amides is 1. The molecule has 0 bridgehead atoms. The Morgan fingerprint density at radius 1 is 1.22 bits per heavy atom. The highest BCUT2D eigenvalue weighted by atomic mass is 19.3. The lowest BCUT2D eigenvalue weighted by Gasteiger charge is -2.33. The van der Waals surface area contributed by atoms with Gasteiger partial charge in [0.05, 0.1) is 12.1 Å². The van der Waals surface area contributed by atoms with E-state index >= 15 is 0 Å². The van der Waals surface area contributed by atoms with Crippen molar-refractivity contribution in [3.05, 3.63) is 52.2 Å². The number of hydrogen-bond donors (Lipinski definition) is 0. The van der Waals surface area contributed by atoms with Gasteiger partial charge in [-0.2, -0.15) is 0 Å². The molecule has 0 radical (unpaired) electrons. The van der Waals surface area contributed by atoms with Gasteiger partial charge in [0.25, 0.3) is 11.8 Å². The Labute approximate surface area is 183 Å². The minimum Gasteiger partial charge on any atom is -0.333 e. The van der Waals surface area contributed by atoms with Crippen LogP contribution in [0.4, 0.5) is 20.3 Å². The molecule has 3 aromatic heterocycles. The molecule has 32 heavy (non-hydrogen) atoms. The SMILES string of the molecule is CCn1nc2cc(N3CCCc4cc(C(=O)N5CCCC(F)(F)C5)cnc43)ccn2c1=O. The maximum atomic E-state index is 13.8. The number of halogens is 2. The number of rotatable bonds is 3. The van der Waals surface area contributed by atoms with Crippen molar-refractivity contribution in [3.8, 4) is 0 Å². The van der Waals surface area contributed by atoms with Crippen LogP contribution in [-0.4, -0.2) is 55.5 Å². The fourth-order valence-corrected chi connectivity index (χ4v) is 4.53. The highest BCUT2D eigenvalue weighted by Crippen LogP contribution is 2.33. The van der Waals surface area contributed by atoms with E-state index in [1.54, 1.807) is 12.3 Å². The lowest BCUT2D eigenvalue weighted by atomic mass is 10.0. The van der Waals surface area contributed by atoms with Crippen molar-refractivity contribution in [2.45, 2.75) is 45.1 Å². The van der Waals surface area contributed by atoms with Crippen molar-refractivity contribution in [2.24, 2.45) is 0 Å². The van der Waals surface area contributed by atoms with Crippen LogP contribution in [0, 0.1) is 0 Å². The van der Waals surface area contributed by atoms with Crippen molar-refractivity contribution in [3.63, 3.8) is 0 Å². The summed E-state index contributed by atoms with van der Waals surface area (Å²) in [6.07, 6.45) is 4.90. The van der Waals surface area contributed by atoms with Gasteiger partial charge in [-0.1, -0.05) is 0 Å². The highest BCUT2D eigenvalue weighted by Gasteiger charge is 2.37. The summed E-state index contributed by atoms with van der Waals surface area (Å²) in [6, 6.07) is 5.47. The van der Waals surface area contributed by atoms with E-state index in [0.717, 1.165) is 36.5 Å². The van der Waals surface area contributed by atoms with Gasteiger partial charge in [0, 0.05) is 50.2 Å². The summed E-state index contributed by atoms with van der Waals surface area (Å²) in [6.45, 7) is 2.88. The minimum atomic E-state index is -2.84. The van der Waals surface area contributed by atoms with Crippen LogP contribution in [0.2, 0.25) is 0 Å². The number of carbonyl (C=O) groups excluding carboxylic acids is 1. The fraction of sp³-hybridized carbons (Fsp3) is 0.455. The number of pyridine rings is 2. The number of fused-ring (bicyclic) bond motifs is 2. The summed E-state index contributed by atoms with van der Waals surface area (Å²) in [5.41, 5.74) is 2.47. The van der Waals surface area contributed by atoms with Gasteiger partial charge >= 0.3 is 5.69 Å². The van der Waals surface area contributed by atoms with E-state index in [-0.39, 0.29) is 12.1 Å². The third kappa shape index (κ3) is 3.53. The molecule has 3 aromatic rings. The number of anilines is 2. The lowest BCUT2D eigenvalue weighted by molar-refractivity contribution is -0.0560. The van der Waals surface area contributed by atoms with Crippen LogP contribution in [0.25, 0.3) is 5.65 Å². The van der Waals surface area contributed by atoms with Crippen molar-refractivity contribution in [1.82, 2.24) is 24.1 Å². The maximum Gasteiger partial charge on any atom is 0.350 e. The van der Waals surface area contributed by atoms with E-state index in [1.807, 2.05) is 24.0 Å². The number of piperidine rings is 1. The second kappa shape index (κ2) is 7.68. The predicted octanol–water partition coefficient (Wildman–Crippen LogP) is 2.87. The lowest BCUT2D eigenvalue weighted by Crippen LogP contribution is -2.45. The number of hydrogen-bond acceptors (Lipinski definition) is 5. The molecule has 5 heterocycles. The summed E-state index contributed by atoms with van der Waals surface area (Å²) in [7, 11) is 0. The Morgan fingerprint density at radius 3 is 2.84 bits per heavy atom. The normalized spacial score (nSPS) is 18.1. The van der Waals surface area contributed by atoms with Gasteiger partial charge in [0.15, 0.2) is 5.65 Å². The van der Waals surface area contributed by atoms with Crippen LogP contribution in [0.3, 0.4) is 0 Å². The zero-order chi connectivity index (χ0) is 22.5. The predicted molar refractivity (Wildman–Crippen MR) is 115 cm³/mol. The quantitative estimate of drug-likeness (QED) is 0.624. The number of likely N-dealkylation sites (tertiary alicyclic amines) is 1. The molecule has 5 rings (SSSR count). The molecule has 2 aliphatic heterocycles. The summed E-state index contributed by atoms with van der Waals surface area (Å²) in [4.78, 5) is 32.9. The van der Waals surface area contributed by atoms with Crippen LogP contribution >= 0.6 is 0 Å². The zero-order valence-corrected chi connectivity index (χ0v) is 17.8. The van der Waals surface area contributed by atoms with Gasteiger partial charge in [-0.3, -0.25) is 9.20 Å². The number of nitrogens with zero attached hydrogens (tertiary/aromatic N) is 6. The van der Waals surface area contributed by atoms with E-state index in [0.29, 0.717) is 30.7 Å². The van der Waals surface area contributed by atoms with Crippen LogP contribution in [0.5, 0.6) is 0 Å². The molecule has 2 aliphatic rings. The van der Waals surface area contributed by atoms with Crippen molar-refractivity contribution in [2.75, 3.05) is 24.5 Å². The molecule has 1 fully saturated rings. The average Bonchev–Trinajstić information content (AvgIpc) is 3.12. The van der Waals surface area contributed by atoms with E-state index in [4.69, 9.17) is 0 Å². The number of aryl methyl sites for hydroxylation is 2. The Bertz CT molecular complexity index is 1250. The third-order valence-corrected chi connectivity index (χ3v) is 6.13. The van der Waals surface area contributed by atoms with Gasteiger partial charge in [-0.15, -0.1) is 5.10 Å². The molecule has 1 amide bonds. The molecule has 0 saturated carbocycles. The molecule has 0 unspecified atom stereocenters. The Morgan fingerprint density at radius 2 is 2.06 bits per heavy atom. The molecule has 10 heteroatoms. The van der Waals surface area contributed by atoms with Crippen LogP contribution in [0.1, 0.15) is 42.1 Å². The topological polar surface area (TPSA) is 75.7 Å². The van der Waals surface area contributed by atoms with Gasteiger partial charge in [-0.25, -0.2) is 23.2 Å². The molecular formula is C22H24F2N6O2. The summed E-state index contributed by atoms with van der Waals surface area (Å²) < 4.78 is 30.4. The second-order valence-corrected chi connectivity index (χ2v) is 8.36.